The van der Waals surface area contributed by atoms with Gasteiger partial charge in [-0.1, -0.05) is 38.7 Å². The molecule has 1 atom stereocenters. The average molecular weight is 241 g/mol. The summed E-state index contributed by atoms with van der Waals surface area (Å²) in [7, 11) is 0. The molecule has 0 aromatic carbocycles. The maximum atomic E-state index is 10.6. The van der Waals surface area contributed by atoms with Crippen molar-refractivity contribution in [3.05, 3.63) is 10.4 Å². The fraction of sp³-hybridized carbons (Fsp3) is 0.917. The quantitative estimate of drug-likeness (QED) is 0.280. The highest BCUT2D eigenvalue weighted by Gasteiger charge is 2.15. The van der Waals surface area contributed by atoms with Crippen molar-refractivity contribution in [1.29, 1.82) is 0 Å². The van der Waals surface area contributed by atoms with Crippen molar-refractivity contribution in [2.45, 2.75) is 58.9 Å². The zero-order chi connectivity index (χ0) is 13.3. The first-order valence-corrected chi connectivity index (χ1v) is 6.07. The van der Waals surface area contributed by atoms with Gasteiger partial charge in [0, 0.05) is 17.4 Å². The summed E-state index contributed by atoms with van der Waals surface area (Å²) in [6.07, 6.45) is 3.86. The summed E-state index contributed by atoms with van der Waals surface area (Å²) in [6, 6.07) is 0. The van der Waals surface area contributed by atoms with Crippen LogP contribution in [0.4, 0.5) is 0 Å². The van der Waals surface area contributed by atoms with Crippen LogP contribution >= 0.6 is 0 Å². The molecule has 0 aliphatic heterocycles. The monoisotopic (exact) mass is 241 g/mol. The molecule has 1 unspecified atom stereocenters. The van der Waals surface area contributed by atoms with Gasteiger partial charge in [0.25, 0.3) is 0 Å². The molecule has 0 rings (SSSR count). The first kappa shape index (κ1) is 15.8. The van der Waals surface area contributed by atoms with Crippen LogP contribution in [0.15, 0.2) is 5.11 Å². The van der Waals surface area contributed by atoms with E-state index in [2.05, 4.69) is 16.9 Å². The fourth-order valence-electron chi connectivity index (χ4n) is 1.60. The van der Waals surface area contributed by atoms with Crippen LogP contribution in [0.25, 0.3) is 10.4 Å². The third-order valence-corrected chi connectivity index (χ3v) is 2.72. The molecule has 0 heterocycles. The molecule has 0 N–H and O–H groups in total. The lowest BCUT2D eigenvalue weighted by Gasteiger charge is -2.18. The topological polar surface area (TPSA) is 75.1 Å². The molecule has 5 nitrogen and oxygen atoms in total. The van der Waals surface area contributed by atoms with Gasteiger partial charge in [-0.05, 0) is 24.3 Å². The van der Waals surface area contributed by atoms with Crippen LogP contribution in [0.1, 0.15) is 53.4 Å². The average Bonchev–Trinajstić information content (AvgIpc) is 2.16. The molecule has 0 aliphatic carbocycles. The summed E-state index contributed by atoms with van der Waals surface area (Å²) >= 11 is 0. The third-order valence-electron chi connectivity index (χ3n) is 2.72. The molecule has 0 spiro atoms. The Balaban J connectivity index is 3.67. The molecule has 0 saturated carbocycles. The zero-order valence-electron chi connectivity index (χ0n) is 11.3. The van der Waals surface area contributed by atoms with E-state index in [9.17, 15) is 4.79 Å². The van der Waals surface area contributed by atoms with Crippen molar-refractivity contribution in [3.63, 3.8) is 0 Å². The van der Waals surface area contributed by atoms with Gasteiger partial charge < -0.3 is 4.74 Å². The van der Waals surface area contributed by atoms with Crippen LogP contribution in [0.2, 0.25) is 0 Å². The standard InChI is InChI=1S/C12H23N3O2/c1-10(7-9-17-11(2)16)6-5-8-12(3,4)14-15-13/h10H,5-9H2,1-4H3. The number of azide groups is 1. The fourth-order valence-corrected chi connectivity index (χ4v) is 1.60. The summed E-state index contributed by atoms with van der Waals surface area (Å²) < 4.78 is 4.89. The number of carbonyl (C=O) groups is 1. The Kier molecular flexibility index (Phi) is 7.39. The van der Waals surface area contributed by atoms with Crippen molar-refractivity contribution in [2.75, 3.05) is 6.61 Å². The van der Waals surface area contributed by atoms with Gasteiger partial charge >= 0.3 is 5.97 Å². The van der Waals surface area contributed by atoms with Gasteiger partial charge in [0.2, 0.25) is 0 Å². The molecule has 0 bridgehead atoms. The number of esters is 1. The first-order chi connectivity index (χ1) is 7.87. The molecule has 0 aromatic rings. The third kappa shape index (κ3) is 9.69. The van der Waals surface area contributed by atoms with Gasteiger partial charge in [0.1, 0.15) is 0 Å². The van der Waals surface area contributed by atoms with Crippen molar-refractivity contribution in [2.24, 2.45) is 11.0 Å². The van der Waals surface area contributed by atoms with E-state index < -0.39 is 0 Å². The number of rotatable bonds is 8. The molecular weight excluding hydrogens is 218 g/mol. The highest BCUT2D eigenvalue weighted by molar-refractivity contribution is 5.65. The Hall–Kier alpha value is -1.22. The highest BCUT2D eigenvalue weighted by atomic mass is 16.5. The van der Waals surface area contributed by atoms with Crippen molar-refractivity contribution >= 4 is 5.97 Å². The van der Waals surface area contributed by atoms with E-state index in [1.54, 1.807) is 0 Å². The summed E-state index contributed by atoms with van der Waals surface area (Å²) in [6.45, 7) is 7.94. The Bertz CT molecular complexity index is 283. The van der Waals surface area contributed by atoms with E-state index in [0.29, 0.717) is 12.5 Å². The van der Waals surface area contributed by atoms with E-state index in [-0.39, 0.29) is 11.5 Å². The van der Waals surface area contributed by atoms with Gasteiger partial charge in [-0.15, -0.1) is 0 Å². The summed E-state index contributed by atoms with van der Waals surface area (Å²) in [5.41, 5.74) is 8.09. The Morgan fingerprint density at radius 3 is 2.65 bits per heavy atom. The Labute approximate surface area is 103 Å². The predicted octanol–water partition coefficient (Wildman–Crippen LogP) is 3.83. The number of carbonyl (C=O) groups excluding carboxylic acids is 1. The molecule has 0 saturated heterocycles. The molecule has 0 radical (unpaired) electrons. The van der Waals surface area contributed by atoms with Gasteiger partial charge in [0.05, 0.1) is 6.61 Å². The first-order valence-electron chi connectivity index (χ1n) is 6.07. The Morgan fingerprint density at radius 1 is 1.47 bits per heavy atom. The SMILES string of the molecule is CC(=O)OCCC(C)CCCC(C)(C)N=[N+]=[N-]. The number of hydrogen-bond donors (Lipinski definition) is 0. The van der Waals surface area contributed by atoms with Crippen molar-refractivity contribution in [3.8, 4) is 0 Å². The maximum absolute atomic E-state index is 10.6. The van der Waals surface area contributed by atoms with Gasteiger partial charge in [-0.25, -0.2) is 0 Å². The minimum atomic E-state index is -0.301. The van der Waals surface area contributed by atoms with Crippen LogP contribution in [0.3, 0.4) is 0 Å². The summed E-state index contributed by atoms with van der Waals surface area (Å²) in [4.78, 5) is 13.4. The lowest BCUT2D eigenvalue weighted by Crippen LogP contribution is -2.15. The second kappa shape index (κ2) is 7.96. The second-order valence-electron chi connectivity index (χ2n) is 5.13. The molecule has 5 heteroatoms. The smallest absolute Gasteiger partial charge is 0.302 e. The van der Waals surface area contributed by atoms with Crippen molar-refractivity contribution in [1.82, 2.24) is 0 Å². The molecule has 17 heavy (non-hydrogen) atoms. The number of ether oxygens (including phenoxy) is 1. The zero-order valence-corrected chi connectivity index (χ0v) is 11.3. The minimum Gasteiger partial charge on any atom is -0.466 e. The largest absolute Gasteiger partial charge is 0.466 e. The molecule has 0 aromatic heterocycles. The van der Waals surface area contributed by atoms with Crippen LogP contribution in [0, 0.1) is 5.92 Å². The molecule has 98 valence electrons. The lowest BCUT2D eigenvalue weighted by atomic mass is 9.94. The van der Waals surface area contributed by atoms with Gasteiger partial charge in [-0.3, -0.25) is 4.79 Å². The molecule has 0 fully saturated rings. The van der Waals surface area contributed by atoms with Gasteiger partial charge in [-0.2, -0.15) is 0 Å². The van der Waals surface area contributed by atoms with Crippen molar-refractivity contribution < 1.29 is 9.53 Å². The van der Waals surface area contributed by atoms with E-state index in [1.165, 1.54) is 6.92 Å². The molecular formula is C12H23N3O2. The van der Waals surface area contributed by atoms with E-state index in [1.807, 2.05) is 13.8 Å². The van der Waals surface area contributed by atoms with Gasteiger partial charge in [0.15, 0.2) is 0 Å². The maximum Gasteiger partial charge on any atom is 0.302 e. The Morgan fingerprint density at radius 2 is 2.12 bits per heavy atom. The minimum absolute atomic E-state index is 0.221. The van der Waals surface area contributed by atoms with Crippen LogP contribution in [-0.4, -0.2) is 18.1 Å². The van der Waals surface area contributed by atoms with E-state index >= 15 is 0 Å². The molecule has 0 amide bonds. The predicted molar refractivity (Wildman–Crippen MR) is 67.5 cm³/mol. The second-order valence-corrected chi connectivity index (χ2v) is 5.13. The summed E-state index contributed by atoms with van der Waals surface area (Å²) in [5, 5.41) is 3.75. The lowest BCUT2D eigenvalue weighted by molar-refractivity contribution is -0.141. The highest BCUT2D eigenvalue weighted by Crippen LogP contribution is 2.21. The number of nitrogens with zero attached hydrogens (tertiary/aromatic N) is 3. The van der Waals surface area contributed by atoms with Crippen LogP contribution < -0.4 is 0 Å². The summed E-state index contributed by atoms with van der Waals surface area (Å²) in [5.74, 6) is 0.304. The van der Waals surface area contributed by atoms with E-state index in [4.69, 9.17) is 10.3 Å². The molecule has 0 aliphatic rings. The normalized spacial score (nSPS) is 12.7. The number of hydrogen-bond acceptors (Lipinski definition) is 3. The van der Waals surface area contributed by atoms with E-state index in [0.717, 1.165) is 25.7 Å². The van der Waals surface area contributed by atoms with Crippen LogP contribution in [0.5, 0.6) is 0 Å². The van der Waals surface area contributed by atoms with Crippen LogP contribution in [-0.2, 0) is 9.53 Å².